The Morgan fingerprint density at radius 3 is 2.43 bits per heavy atom. The largest absolute Gasteiger partial charge is 0.394 e. The van der Waals surface area contributed by atoms with Crippen molar-refractivity contribution in [1.29, 1.82) is 0 Å². The highest BCUT2D eigenvalue weighted by molar-refractivity contribution is 7.15. The van der Waals surface area contributed by atoms with E-state index in [0.717, 1.165) is 54.9 Å². The number of aliphatic hydroxyl groups excluding tert-OH is 1. The van der Waals surface area contributed by atoms with Gasteiger partial charge in [-0.1, -0.05) is 63.2 Å². The van der Waals surface area contributed by atoms with E-state index in [2.05, 4.69) is 55.8 Å². The highest BCUT2D eigenvalue weighted by atomic mass is 32.1. The number of carbonyl (C=O) groups excluding carboxylic acids is 5. The van der Waals surface area contributed by atoms with Crippen LogP contribution in [-0.4, -0.2) is 77.9 Å². The Bertz CT molecular complexity index is 2690. The molecule has 63 heavy (non-hydrogen) atoms. The van der Waals surface area contributed by atoms with Gasteiger partial charge in [-0.3, -0.25) is 29.4 Å². The van der Waals surface area contributed by atoms with Crippen LogP contribution in [0.25, 0.3) is 16.2 Å². The first-order valence-electron chi connectivity index (χ1n) is 20.8. The van der Waals surface area contributed by atoms with Crippen LogP contribution in [0.4, 0.5) is 27.8 Å². The minimum atomic E-state index is -1.04. The Kier molecular flexibility index (Phi) is 12.4. The van der Waals surface area contributed by atoms with Gasteiger partial charge in [-0.05, 0) is 54.2 Å². The average Bonchev–Trinajstić information content (AvgIpc) is 4.01. The Morgan fingerprint density at radius 1 is 0.937 bits per heavy atom. The smallest absolute Gasteiger partial charge is 0.319 e. The van der Waals surface area contributed by atoms with Crippen LogP contribution < -0.4 is 31.9 Å². The van der Waals surface area contributed by atoms with Crippen molar-refractivity contribution >= 4 is 69.7 Å². The standard InChI is InChI=1S/C45H47N11O6S/c1-4-29(24-57)51-36-18-37(56-40(53-36)33(23-50-56)25(2)3)47-19-27-10-14-30(15-11-27)52-45(62)49-20-26-8-12-28(13-9-26)42-48-22-31(63-42)21-46-34-7-5-6-32-39(34)44(61)55(43(32)60)35-16-17-38(58)54-41(35)59/h5-15,18,22-23,25,29,35,46-47,57H,4,16-17,19-21,24H2,1-3H3,(H,51,53)(H2,49,52,62)(H,54,58,59)/t29-,35?/m0/s1. The molecule has 6 amide bonds. The van der Waals surface area contributed by atoms with E-state index < -0.39 is 29.7 Å². The highest BCUT2D eigenvalue weighted by Gasteiger charge is 2.45. The van der Waals surface area contributed by atoms with Crippen LogP contribution >= 0.6 is 11.3 Å². The van der Waals surface area contributed by atoms with Crippen molar-refractivity contribution in [3.63, 3.8) is 0 Å². The lowest BCUT2D eigenvalue weighted by molar-refractivity contribution is -0.136. The summed E-state index contributed by atoms with van der Waals surface area (Å²) >= 11 is 1.48. The Labute approximate surface area is 366 Å². The van der Waals surface area contributed by atoms with Gasteiger partial charge in [0.15, 0.2) is 5.65 Å². The zero-order valence-corrected chi connectivity index (χ0v) is 35.7. The van der Waals surface area contributed by atoms with E-state index in [1.54, 1.807) is 28.9 Å². The van der Waals surface area contributed by atoms with E-state index in [-0.39, 0.29) is 48.6 Å². The predicted octanol–water partition coefficient (Wildman–Crippen LogP) is 6.11. The second kappa shape index (κ2) is 18.4. The number of carbonyl (C=O) groups is 5. The number of piperidine rings is 1. The molecule has 0 aliphatic carbocycles. The van der Waals surface area contributed by atoms with Gasteiger partial charge in [0.2, 0.25) is 11.8 Å². The summed E-state index contributed by atoms with van der Waals surface area (Å²) in [6.45, 7) is 7.37. The maximum absolute atomic E-state index is 13.5. The lowest BCUT2D eigenvalue weighted by atomic mass is 10.0. The summed E-state index contributed by atoms with van der Waals surface area (Å²) in [5.74, 6) is -0.558. The number of nitrogens with one attached hydrogen (secondary N) is 6. The fourth-order valence-electron chi connectivity index (χ4n) is 7.46. The summed E-state index contributed by atoms with van der Waals surface area (Å²) in [4.78, 5) is 74.8. The zero-order valence-electron chi connectivity index (χ0n) is 34.9. The van der Waals surface area contributed by atoms with Crippen LogP contribution in [0.1, 0.15) is 88.2 Å². The molecule has 2 atom stereocenters. The molecule has 3 aromatic carbocycles. The molecule has 2 aliphatic heterocycles. The maximum Gasteiger partial charge on any atom is 0.319 e. The van der Waals surface area contributed by atoms with Crippen molar-refractivity contribution < 1.29 is 29.1 Å². The Balaban J connectivity index is 0.818. The number of nitrogens with zero attached hydrogens (tertiary/aromatic N) is 5. The summed E-state index contributed by atoms with van der Waals surface area (Å²) in [7, 11) is 0. The van der Waals surface area contributed by atoms with Crippen molar-refractivity contribution in [2.24, 2.45) is 0 Å². The molecule has 1 unspecified atom stereocenters. The number of aliphatic hydroxyl groups is 1. The highest BCUT2D eigenvalue weighted by Crippen LogP contribution is 2.34. The second-order valence-corrected chi connectivity index (χ2v) is 16.8. The second-order valence-electron chi connectivity index (χ2n) is 15.7. The molecule has 2 aliphatic rings. The van der Waals surface area contributed by atoms with Crippen LogP contribution in [0.2, 0.25) is 0 Å². The molecule has 0 bridgehead atoms. The maximum atomic E-state index is 13.5. The molecule has 0 radical (unpaired) electrons. The number of rotatable bonds is 16. The lowest BCUT2D eigenvalue weighted by Crippen LogP contribution is -2.54. The van der Waals surface area contributed by atoms with Crippen molar-refractivity contribution in [1.82, 2.24) is 35.1 Å². The third-order valence-corrected chi connectivity index (χ3v) is 12.0. The average molecular weight is 870 g/mol. The topological polar surface area (TPSA) is 224 Å². The van der Waals surface area contributed by atoms with Crippen LogP contribution in [0, 0.1) is 0 Å². The van der Waals surface area contributed by atoms with E-state index in [4.69, 9.17) is 4.98 Å². The number of aromatic nitrogens is 4. The molecular formula is C45H47N11O6S. The minimum absolute atomic E-state index is 0.00110. The molecule has 0 spiro atoms. The van der Waals surface area contributed by atoms with Crippen LogP contribution in [-0.2, 0) is 29.2 Å². The minimum Gasteiger partial charge on any atom is -0.394 e. The van der Waals surface area contributed by atoms with Gasteiger partial charge in [-0.25, -0.2) is 14.8 Å². The Hall–Kier alpha value is -7.18. The normalized spacial score (nSPS) is 15.4. The first-order chi connectivity index (χ1) is 30.5. The van der Waals surface area contributed by atoms with Gasteiger partial charge < -0.3 is 31.7 Å². The van der Waals surface area contributed by atoms with E-state index >= 15 is 0 Å². The number of amides is 6. The van der Waals surface area contributed by atoms with Crippen LogP contribution in [0.3, 0.4) is 0 Å². The SMILES string of the molecule is CC[C@@H](CO)Nc1cc(NCc2ccc(NC(=O)NCc3ccc(-c4ncc(CNc5cccc6c5C(=O)N(C5CCC(=O)NC5=O)C6=O)s4)cc3)cc2)n2ncc(C(C)C)c2n1. The van der Waals surface area contributed by atoms with Crippen LogP contribution in [0.5, 0.6) is 0 Å². The number of fused-ring (bicyclic) bond motifs is 2. The lowest BCUT2D eigenvalue weighted by Gasteiger charge is -2.27. The van der Waals surface area contributed by atoms with Crippen molar-refractivity contribution in [2.75, 3.05) is 27.9 Å². The summed E-state index contributed by atoms with van der Waals surface area (Å²) < 4.78 is 1.79. The molecule has 5 heterocycles. The van der Waals surface area contributed by atoms with Gasteiger partial charge in [0.1, 0.15) is 22.7 Å². The summed E-state index contributed by atoms with van der Waals surface area (Å²) in [5.41, 5.74) is 6.10. The van der Waals surface area contributed by atoms with Crippen molar-refractivity contribution in [2.45, 2.75) is 77.7 Å². The molecule has 7 N–H and O–H groups in total. The first-order valence-corrected chi connectivity index (χ1v) is 21.6. The number of hydrogen-bond donors (Lipinski definition) is 7. The number of urea groups is 1. The number of anilines is 4. The van der Waals surface area contributed by atoms with E-state index in [0.29, 0.717) is 36.8 Å². The van der Waals surface area contributed by atoms with Crippen molar-refractivity contribution in [3.05, 3.63) is 118 Å². The summed E-state index contributed by atoms with van der Waals surface area (Å²) in [6, 6.07) is 20.7. The molecule has 3 aromatic heterocycles. The van der Waals surface area contributed by atoms with Gasteiger partial charge in [0, 0.05) is 59.2 Å². The van der Waals surface area contributed by atoms with Gasteiger partial charge >= 0.3 is 6.03 Å². The van der Waals surface area contributed by atoms with Gasteiger partial charge in [0.05, 0.1) is 36.5 Å². The van der Waals surface area contributed by atoms with Gasteiger partial charge in [-0.2, -0.15) is 9.61 Å². The molecule has 0 saturated carbocycles. The van der Waals surface area contributed by atoms with E-state index in [9.17, 15) is 29.1 Å². The van der Waals surface area contributed by atoms with E-state index in [1.165, 1.54) is 11.3 Å². The monoisotopic (exact) mass is 869 g/mol. The summed E-state index contributed by atoms with van der Waals surface area (Å²) in [6.07, 6.45) is 4.47. The number of thiazole rings is 1. The quantitative estimate of drug-likeness (QED) is 0.0548. The Morgan fingerprint density at radius 2 is 1.70 bits per heavy atom. The first kappa shape index (κ1) is 42.5. The molecule has 1 fully saturated rings. The van der Waals surface area contributed by atoms with Gasteiger partial charge in [-0.15, -0.1) is 11.3 Å². The summed E-state index contributed by atoms with van der Waals surface area (Å²) in [5, 5.41) is 33.2. The number of benzene rings is 3. The van der Waals surface area contributed by atoms with Crippen molar-refractivity contribution in [3.8, 4) is 10.6 Å². The zero-order chi connectivity index (χ0) is 44.2. The number of imide groups is 2. The van der Waals surface area contributed by atoms with Crippen LogP contribution in [0.15, 0.2) is 85.2 Å². The molecule has 324 valence electrons. The molecule has 18 heteroatoms. The van der Waals surface area contributed by atoms with Gasteiger partial charge in [0.25, 0.3) is 11.8 Å². The number of hydrogen-bond acceptors (Lipinski definition) is 13. The molecule has 1 saturated heterocycles. The molecule has 17 nitrogen and oxygen atoms in total. The third kappa shape index (κ3) is 9.22. The molecular weight excluding hydrogens is 823 g/mol. The van der Waals surface area contributed by atoms with E-state index in [1.807, 2.05) is 67.7 Å². The predicted molar refractivity (Wildman–Crippen MR) is 239 cm³/mol. The fourth-order valence-corrected chi connectivity index (χ4v) is 8.32. The fraction of sp³-hybridized carbons (Fsp3) is 0.289. The third-order valence-electron chi connectivity index (χ3n) is 11.0. The molecule has 6 aromatic rings. The molecule has 8 rings (SSSR count).